The first-order valence-electron chi connectivity index (χ1n) is 7.50. The van der Waals surface area contributed by atoms with E-state index in [2.05, 4.69) is 48.0 Å². The van der Waals surface area contributed by atoms with E-state index < -0.39 is 0 Å². The van der Waals surface area contributed by atoms with E-state index in [1.54, 1.807) is 0 Å². The summed E-state index contributed by atoms with van der Waals surface area (Å²) in [6.45, 7) is 5.40. The van der Waals surface area contributed by atoms with E-state index in [0.717, 1.165) is 36.8 Å². The number of rotatable bonds is 5. The second-order valence-electron chi connectivity index (χ2n) is 5.71. The van der Waals surface area contributed by atoms with Crippen LogP contribution in [0.2, 0.25) is 0 Å². The fourth-order valence-corrected chi connectivity index (χ4v) is 3.93. The number of hydrogen-bond donors (Lipinski definition) is 2. The molecule has 2 N–H and O–H groups in total. The molecule has 20 heavy (non-hydrogen) atoms. The minimum Gasteiger partial charge on any atom is -0.342 e. The minimum absolute atomic E-state index is 0.737. The van der Waals surface area contributed by atoms with Crippen LogP contribution in [0.4, 0.5) is 0 Å². The van der Waals surface area contributed by atoms with Crippen LogP contribution in [0.3, 0.4) is 0 Å². The van der Waals surface area contributed by atoms with Gasteiger partial charge in [0.05, 0.1) is 11.0 Å². The summed E-state index contributed by atoms with van der Waals surface area (Å²) in [5.74, 6) is 3.72. The molecule has 2 heterocycles. The highest BCUT2D eigenvalue weighted by atomic mass is 32.2. The molecule has 3 nitrogen and oxygen atoms in total. The lowest BCUT2D eigenvalue weighted by Gasteiger charge is -2.09. The molecule has 0 radical (unpaired) electrons. The Morgan fingerprint density at radius 2 is 2.30 bits per heavy atom. The quantitative estimate of drug-likeness (QED) is 0.830. The Kier molecular flexibility index (Phi) is 4.32. The molecule has 1 saturated heterocycles. The molecule has 1 aliphatic rings. The van der Waals surface area contributed by atoms with Crippen molar-refractivity contribution in [2.75, 3.05) is 18.1 Å². The molecule has 1 atom stereocenters. The molecule has 1 aliphatic heterocycles. The van der Waals surface area contributed by atoms with Gasteiger partial charge in [0.25, 0.3) is 0 Å². The summed E-state index contributed by atoms with van der Waals surface area (Å²) in [6.07, 6.45) is 3.51. The lowest BCUT2D eigenvalue weighted by molar-refractivity contribution is 0.542. The van der Waals surface area contributed by atoms with Gasteiger partial charge in [0.1, 0.15) is 5.82 Å². The molecule has 0 bridgehead atoms. The third kappa shape index (κ3) is 3.01. The van der Waals surface area contributed by atoms with Gasteiger partial charge in [0.15, 0.2) is 0 Å². The fourth-order valence-electron chi connectivity index (χ4n) is 2.74. The zero-order valence-electron chi connectivity index (χ0n) is 12.3. The van der Waals surface area contributed by atoms with E-state index in [1.165, 1.54) is 34.6 Å². The second-order valence-corrected chi connectivity index (χ2v) is 6.86. The maximum atomic E-state index is 4.75. The number of aromatic amines is 1. The Balaban J connectivity index is 1.56. The van der Waals surface area contributed by atoms with Gasteiger partial charge in [-0.05, 0) is 56.2 Å². The molecule has 3 rings (SSSR count). The maximum absolute atomic E-state index is 4.75. The fraction of sp³-hybridized carbons (Fsp3) is 0.562. The van der Waals surface area contributed by atoms with Gasteiger partial charge in [-0.3, -0.25) is 0 Å². The van der Waals surface area contributed by atoms with Crippen LogP contribution in [0.5, 0.6) is 0 Å². The first kappa shape index (κ1) is 14.0. The summed E-state index contributed by atoms with van der Waals surface area (Å²) in [5, 5.41) is 3.64. The highest BCUT2D eigenvalue weighted by Crippen LogP contribution is 2.20. The van der Waals surface area contributed by atoms with Gasteiger partial charge < -0.3 is 10.3 Å². The number of nitrogens with one attached hydrogen (secondary N) is 2. The lowest BCUT2D eigenvalue weighted by atomic mass is 10.1. The van der Waals surface area contributed by atoms with Crippen molar-refractivity contribution in [1.29, 1.82) is 0 Å². The number of H-pyrrole nitrogens is 1. The third-order valence-corrected chi connectivity index (χ3v) is 5.34. The van der Waals surface area contributed by atoms with Crippen molar-refractivity contribution in [2.45, 2.75) is 39.2 Å². The zero-order chi connectivity index (χ0) is 13.9. The Morgan fingerprint density at radius 1 is 1.40 bits per heavy atom. The molecule has 1 fully saturated rings. The van der Waals surface area contributed by atoms with Crippen molar-refractivity contribution >= 4 is 22.8 Å². The first-order chi connectivity index (χ1) is 9.74. The molecule has 4 heteroatoms. The number of benzene rings is 1. The predicted octanol–water partition coefficient (Wildman–Crippen LogP) is 3.21. The van der Waals surface area contributed by atoms with Crippen molar-refractivity contribution in [3.63, 3.8) is 0 Å². The van der Waals surface area contributed by atoms with Crippen molar-refractivity contribution in [3.05, 3.63) is 29.1 Å². The van der Waals surface area contributed by atoms with Crippen LogP contribution in [0.1, 0.15) is 29.8 Å². The maximum Gasteiger partial charge on any atom is 0.107 e. The van der Waals surface area contributed by atoms with E-state index in [-0.39, 0.29) is 0 Å². The molecule has 1 aromatic heterocycles. The van der Waals surface area contributed by atoms with Gasteiger partial charge in [-0.25, -0.2) is 4.98 Å². The monoisotopic (exact) mass is 289 g/mol. The lowest BCUT2D eigenvalue weighted by Crippen LogP contribution is -2.29. The average Bonchev–Trinajstić information content (AvgIpc) is 3.08. The number of aryl methyl sites for hydroxylation is 3. The van der Waals surface area contributed by atoms with Gasteiger partial charge in [-0.1, -0.05) is 6.07 Å². The summed E-state index contributed by atoms with van der Waals surface area (Å²) in [4.78, 5) is 8.20. The largest absolute Gasteiger partial charge is 0.342 e. The topological polar surface area (TPSA) is 40.7 Å². The van der Waals surface area contributed by atoms with Gasteiger partial charge in [-0.15, -0.1) is 0 Å². The van der Waals surface area contributed by atoms with Crippen LogP contribution in [0, 0.1) is 13.8 Å². The summed E-state index contributed by atoms with van der Waals surface area (Å²) in [5.41, 5.74) is 4.92. The molecule has 1 unspecified atom stereocenters. The van der Waals surface area contributed by atoms with Crippen LogP contribution < -0.4 is 5.32 Å². The smallest absolute Gasteiger partial charge is 0.107 e. The molecule has 2 aromatic rings. The summed E-state index contributed by atoms with van der Waals surface area (Å²) in [7, 11) is 0. The van der Waals surface area contributed by atoms with Gasteiger partial charge in [-0.2, -0.15) is 11.8 Å². The Hall–Kier alpha value is -1.00. The van der Waals surface area contributed by atoms with E-state index in [0.29, 0.717) is 0 Å². The third-order valence-electron chi connectivity index (χ3n) is 4.18. The number of thioether (sulfide) groups is 1. The van der Waals surface area contributed by atoms with E-state index in [9.17, 15) is 0 Å². The predicted molar refractivity (Wildman–Crippen MR) is 87.6 cm³/mol. The molecule has 0 amide bonds. The van der Waals surface area contributed by atoms with Crippen LogP contribution in [0.25, 0.3) is 11.0 Å². The Morgan fingerprint density at radius 3 is 3.10 bits per heavy atom. The number of nitrogens with zero attached hydrogens (tertiary/aromatic N) is 1. The highest BCUT2D eigenvalue weighted by molar-refractivity contribution is 7.99. The van der Waals surface area contributed by atoms with Crippen molar-refractivity contribution in [3.8, 4) is 0 Å². The standard InChI is InChI=1S/C16H23N3S/c1-11-5-6-14-16(12(11)2)19-15(18-14)4-3-8-17-13-7-9-20-10-13/h5-6,13,17H,3-4,7-10H2,1-2H3,(H,18,19). The summed E-state index contributed by atoms with van der Waals surface area (Å²) in [6, 6.07) is 5.04. The number of fused-ring (bicyclic) bond motifs is 1. The summed E-state index contributed by atoms with van der Waals surface area (Å²) < 4.78 is 0. The Bertz CT molecular complexity index is 585. The van der Waals surface area contributed by atoms with Crippen molar-refractivity contribution < 1.29 is 0 Å². The van der Waals surface area contributed by atoms with Gasteiger partial charge in [0.2, 0.25) is 0 Å². The molecule has 1 aromatic carbocycles. The van der Waals surface area contributed by atoms with E-state index >= 15 is 0 Å². The van der Waals surface area contributed by atoms with Gasteiger partial charge >= 0.3 is 0 Å². The molecule has 108 valence electrons. The SMILES string of the molecule is Cc1ccc2[nH]c(CCCNC3CCSC3)nc2c1C. The minimum atomic E-state index is 0.737. The normalized spacial score (nSPS) is 19.0. The molecule has 0 saturated carbocycles. The summed E-state index contributed by atoms with van der Waals surface area (Å²) >= 11 is 2.06. The Labute approximate surface area is 124 Å². The molecule has 0 aliphatic carbocycles. The van der Waals surface area contributed by atoms with Crippen LogP contribution >= 0.6 is 11.8 Å². The second kappa shape index (κ2) is 6.19. The molecular weight excluding hydrogens is 266 g/mol. The number of aromatic nitrogens is 2. The highest BCUT2D eigenvalue weighted by Gasteiger charge is 2.14. The average molecular weight is 289 g/mol. The van der Waals surface area contributed by atoms with Crippen molar-refractivity contribution in [1.82, 2.24) is 15.3 Å². The molecule has 0 spiro atoms. The zero-order valence-corrected chi connectivity index (χ0v) is 13.1. The van der Waals surface area contributed by atoms with Crippen LogP contribution in [-0.2, 0) is 6.42 Å². The van der Waals surface area contributed by atoms with E-state index in [4.69, 9.17) is 4.98 Å². The van der Waals surface area contributed by atoms with E-state index in [1.807, 2.05) is 0 Å². The first-order valence-corrected chi connectivity index (χ1v) is 8.65. The van der Waals surface area contributed by atoms with Crippen molar-refractivity contribution in [2.24, 2.45) is 0 Å². The van der Waals surface area contributed by atoms with Crippen LogP contribution in [0.15, 0.2) is 12.1 Å². The van der Waals surface area contributed by atoms with Gasteiger partial charge in [0, 0.05) is 18.2 Å². The van der Waals surface area contributed by atoms with Crippen LogP contribution in [-0.4, -0.2) is 34.1 Å². The number of imidazole rings is 1. The molecular formula is C16H23N3S. The number of hydrogen-bond acceptors (Lipinski definition) is 3.